The molecule has 0 radical (unpaired) electrons. The van der Waals surface area contributed by atoms with Crippen LogP contribution in [0.5, 0.6) is 0 Å². The second kappa shape index (κ2) is 9.38. The SMILES string of the molecule is CCCCCN(C)CCC(O)(P(=O)([O-])O)P(=O)(O)O.[Na+]. The minimum absolute atomic E-state index is 0. The van der Waals surface area contributed by atoms with Crippen LogP contribution in [0, 0.1) is 0 Å². The van der Waals surface area contributed by atoms with Crippen molar-refractivity contribution in [3.05, 3.63) is 0 Å². The minimum Gasteiger partial charge on any atom is -0.776 e. The molecule has 0 fully saturated rings. The maximum Gasteiger partial charge on any atom is 1.00 e. The zero-order chi connectivity index (χ0) is 15.3. The van der Waals surface area contributed by atoms with Gasteiger partial charge in [-0.2, -0.15) is 0 Å². The summed E-state index contributed by atoms with van der Waals surface area (Å²) in [5.74, 6) is 0. The van der Waals surface area contributed by atoms with Gasteiger partial charge >= 0.3 is 37.2 Å². The van der Waals surface area contributed by atoms with Crippen molar-refractivity contribution < 1.29 is 63.4 Å². The first kappa shape index (κ1) is 23.5. The smallest absolute Gasteiger partial charge is 0.776 e. The molecule has 4 N–H and O–H groups in total. The molecule has 0 saturated carbocycles. The van der Waals surface area contributed by atoms with Crippen molar-refractivity contribution in [1.29, 1.82) is 0 Å². The van der Waals surface area contributed by atoms with Crippen molar-refractivity contribution in [2.24, 2.45) is 0 Å². The molecule has 0 aliphatic rings. The van der Waals surface area contributed by atoms with Crippen LogP contribution in [0.25, 0.3) is 0 Å². The van der Waals surface area contributed by atoms with Crippen LogP contribution in [0.2, 0.25) is 0 Å². The van der Waals surface area contributed by atoms with Crippen molar-refractivity contribution >= 4 is 15.2 Å². The van der Waals surface area contributed by atoms with E-state index in [0.29, 0.717) is 6.54 Å². The Balaban J connectivity index is 0. The fraction of sp³-hybridized carbons (Fsp3) is 1.00. The van der Waals surface area contributed by atoms with E-state index in [2.05, 4.69) is 0 Å². The average Bonchev–Trinajstić information content (AvgIpc) is 2.23. The summed E-state index contributed by atoms with van der Waals surface area (Å²) in [6.07, 6.45) is 2.09. The van der Waals surface area contributed by atoms with Crippen molar-refractivity contribution in [2.45, 2.75) is 37.7 Å². The Morgan fingerprint density at radius 3 is 2.00 bits per heavy atom. The summed E-state index contributed by atoms with van der Waals surface area (Å²) in [5, 5.41) is 6.17. The molecule has 2 unspecified atom stereocenters. The van der Waals surface area contributed by atoms with Crippen molar-refractivity contribution in [3.63, 3.8) is 0 Å². The molecule has 0 spiro atoms. The molecular weight excluding hydrogens is 319 g/mol. The van der Waals surface area contributed by atoms with Gasteiger partial charge in [-0.1, -0.05) is 19.8 Å². The summed E-state index contributed by atoms with van der Waals surface area (Å²) < 4.78 is 22.1. The van der Waals surface area contributed by atoms with E-state index in [1.165, 1.54) is 0 Å². The van der Waals surface area contributed by atoms with E-state index in [-0.39, 0.29) is 36.1 Å². The van der Waals surface area contributed by atoms with Crippen LogP contribution in [0.3, 0.4) is 0 Å². The van der Waals surface area contributed by atoms with Gasteiger partial charge in [0.2, 0.25) is 5.08 Å². The summed E-state index contributed by atoms with van der Waals surface area (Å²) in [4.78, 5) is 39.3. The van der Waals surface area contributed by atoms with E-state index in [9.17, 15) is 19.1 Å². The molecule has 20 heavy (non-hydrogen) atoms. The average molecular weight is 341 g/mol. The second-order valence-corrected chi connectivity index (χ2v) is 8.56. The molecular formula is C9H22NNaO7P2. The van der Waals surface area contributed by atoms with Gasteiger partial charge in [-0.05, 0) is 20.0 Å². The molecule has 0 aliphatic heterocycles. The Labute approximate surface area is 141 Å². The van der Waals surface area contributed by atoms with Crippen LogP contribution in [0.1, 0.15) is 32.6 Å². The topological polar surface area (TPSA) is 141 Å². The van der Waals surface area contributed by atoms with Gasteiger partial charge < -0.3 is 34.1 Å². The van der Waals surface area contributed by atoms with Crippen molar-refractivity contribution in [3.8, 4) is 0 Å². The van der Waals surface area contributed by atoms with Crippen LogP contribution in [-0.4, -0.2) is 49.9 Å². The van der Waals surface area contributed by atoms with Crippen LogP contribution in [0.15, 0.2) is 0 Å². The molecule has 0 aromatic rings. The molecule has 0 heterocycles. The van der Waals surface area contributed by atoms with Crippen molar-refractivity contribution in [2.75, 3.05) is 20.1 Å². The van der Waals surface area contributed by atoms with E-state index < -0.39 is 26.7 Å². The van der Waals surface area contributed by atoms with Gasteiger partial charge in [0.15, 0.2) is 7.60 Å². The molecule has 116 valence electrons. The third-order valence-corrected chi connectivity index (χ3v) is 6.72. The predicted molar refractivity (Wildman–Crippen MR) is 68.5 cm³/mol. The van der Waals surface area contributed by atoms with Crippen LogP contribution >= 0.6 is 15.2 Å². The quantitative estimate of drug-likeness (QED) is 0.196. The number of rotatable bonds is 9. The normalized spacial score (nSPS) is 18.2. The number of hydrogen-bond donors (Lipinski definition) is 4. The third-order valence-electron chi connectivity index (χ3n) is 2.89. The van der Waals surface area contributed by atoms with Crippen LogP contribution in [0.4, 0.5) is 0 Å². The zero-order valence-corrected chi connectivity index (χ0v) is 15.9. The molecule has 0 rings (SSSR count). The molecule has 2 atom stereocenters. The van der Waals surface area contributed by atoms with E-state index in [1.54, 1.807) is 11.9 Å². The molecule has 0 saturated heterocycles. The Kier molecular flexibility index (Phi) is 11.0. The molecule has 0 bridgehead atoms. The Morgan fingerprint density at radius 2 is 1.65 bits per heavy atom. The summed E-state index contributed by atoms with van der Waals surface area (Å²) in [5.41, 5.74) is 0. The first-order valence-electron chi connectivity index (χ1n) is 5.96. The largest absolute Gasteiger partial charge is 1.00 e. The fourth-order valence-corrected chi connectivity index (χ4v) is 3.63. The summed E-state index contributed by atoms with van der Waals surface area (Å²) in [6, 6.07) is 0. The van der Waals surface area contributed by atoms with Gasteiger partial charge in [-0.25, -0.2) is 0 Å². The number of unbranched alkanes of at least 4 members (excludes halogenated alkanes) is 2. The summed E-state index contributed by atoms with van der Waals surface area (Å²) >= 11 is 0. The maximum absolute atomic E-state index is 11.1. The molecule has 11 heteroatoms. The van der Waals surface area contributed by atoms with Gasteiger partial charge in [0.25, 0.3) is 0 Å². The Hall–Kier alpha value is 1.22. The van der Waals surface area contributed by atoms with E-state index in [0.717, 1.165) is 19.3 Å². The monoisotopic (exact) mass is 341 g/mol. The van der Waals surface area contributed by atoms with E-state index in [1.807, 2.05) is 6.92 Å². The van der Waals surface area contributed by atoms with Gasteiger partial charge in [0.1, 0.15) is 0 Å². The maximum atomic E-state index is 11.1. The summed E-state index contributed by atoms with van der Waals surface area (Å²) in [7, 11) is -9.33. The van der Waals surface area contributed by atoms with Gasteiger partial charge in [-0.15, -0.1) is 0 Å². The first-order valence-corrected chi connectivity index (χ1v) is 9.15. The molecule has 0 aliphatic carbocycles. The fourth-order valence-electron chi connectivity index (χ4n) is 1.54. The predicted octanol–water partition coefficient (Wildman–Crippen LogP) is -3.13. The minimum atomic E-state index is -5.58. The third kappa shape index (κ3) is 6.99. The Morgan fingerprint density at radius 1 is 1.15 bits per heavy atom. The molecule has 0 aromatic heterocycles. The number of hydrogen-bond acceptors (Lipinski definition) is 5. The van der Waals surface area contributed by atoms with E-state index in [4.69, 9.17) is 14.7 Å². The second-order valence-electron chi connectivity index (χ2n) is 4.60. The molecule has 8 nitrogen and oxygen atoms in total. The van der Waals surface area contributed by atoms with Crippen molar-refractivity contribution in [1.82, 2.24) is 4.90 Å². The van der Waals surface area contributed by atoms with Gasteiger partial charge in [0, 0.05) is 13.0 Å². The van der Waals surface area contributed by atoms with Gasteiger partial charge in [0.05, 0.1) is 0 Å². The number of nitrogens with zero attached hydrogens (tertiary/aromatic N) is 1. The van der Waals surface area contributed by atoms with Crippen LogP contribution in [-0.2, 0) is 9.13 Å². The summed E-state index contributed by atoms with van der Waals surface area (Å²) in [6.45, 7) is 2.57. The van der Waals surface area contributed by atoms with E-state index >= 15 is 0 Å². The van der Waals surface area contributed by atoms with Crippen LogP contribution < -0.4 is 34.5 Å². The molecule has 0 amide bonds. The molecule has 0 aromatic carbocycles. The van der Waals surface area contributed by atoms with Gasteiger partial charge in [-0.3, -0.25) is 4.57 Å². The number of aliphatic hydroxyl groups is 1. The Bertz CT molecular complexity index is 347. The standard InChI is InChI=1S/C9H23NO7P2.Na/c1-3-4-5-7-10(2)8-6-9(11,18(12,13)14)19(15,16)17;/h11H,3-8H2,1-2H3,(H2,12,13,14)(H2,15,16,17);/q;+1/p-1. The first-order chi connectivity index (χ1) is 8.45. The zero-order valence-electron chi connectivity index (χ0n) is 12.1.